The molecule has 0 saturated carbocycles. The van der Waals surface area contributed by atoms with E-state index in [0.717, 1.165) is 37.7 Å². The third-order valence-electron chi connectivity index (χ3n) is 2.74. The number of aromatic nitrogens is 2. The smallest absolute Gasteiger partial charge is 0.149 e. The Morgan fingerprint density at radius 3 is 3.18 bits per heavy atom. The summed E-state index contributed by atoms with van der Waals surface area (Å²) in [5.41, 5.74) is 0. The van der Waals surface area contributed by atoms with Crippen molar-refractivity contribution in [2.75, 3.05) is 35.6 Å². The second kappa shape index (κ2) is 6.10. The molecule has 1 atom stereocenters. The Balaban J connectivity index is 2.04. The van der Waals surface area contributed by atoms with Crippen LogP contribution in [0.2, 0.25) is 0 Å². The summed E-state index contributed by atoms with van der Waals surface area (Å²) in [6.07, 6.45) is 4.75. The van der Waals surface area contributed by atoms with Gasteiger partial charge in [-0.05, 0) is 6.42 Å². The third kappa shape index (κ3) is 3.49. The van der Waals surface area contributed by atoms with E-state index in [1.165, 1.54) is 5.75 Å². The topological polar surface area (TPSA) is 41.1 Å². The fourth-order valence-electron chi connectivity index (χ4n) is 1.87. The largest absolute Gasteiger partial charge is 0.369 e. The van der Waals surface area contributed by atoms with Crippen LogP contribution in [0, 0.1) is 0 Å². The van der Waals surface area contributed by atoms with Crippen molar-refractivity contribution in [3.8, 4) is 0 Å². The summed E-state index contributed by atoms with van der Waals surface area (Å²) in [6.45, 7) is 7.50. The lowest BCUT2D eigenvalue weighted by Gasteiger charge is -2.31. The Labute approximate surface area is 107 Å². The van der Waals surface area contributed by atoms with Crippen LogP contribution in [0.4, 0.5) is 11.6 Å². The van der Waals surface area contributed by atoms with Gasteiger partial charge in [-0.25, -0.2) is 4.98 Å². The lowest BCUT2D eigenvalue weighted by molar-refractivity contribution is 0.767. The van der Waals surface area contributed by atoms with Crippen molar-refractivity contribution in [2.24, 2.45) is 0 Å². The summed E-state index contributed by atoms with van der Waals surface area (Å²) in [4.78, 5) is 11.2. The highest BCUT2D eigenvalue weighted by Gasteiger charge is 2.18. The first kappa shape index (κ1) is 12.5. The fourth-order valence-corrected chi connectivity index (χ4v) is 2.89. The molecule has 2 heterocycles. The summed E-state index contributed by atoms with van der Waals surface area (Å²) < 4.78 is 0. The molecule has 0 amide bonds. The average molecular weight is 252 g/mol. The van der Waals surface area contributed by atoms with Gasteiger partial charge in [-0.15, -0.1) is 0 Å². The van der Waals surface area contributed by atoms with E-state index in [1.807, 2.05) is 18.0 Å². The molecule has 0 spiro atoms. The molecule has 1 N–H and O–H groups in total. The van der Waals surface area contributed by atoms with Gasteiger partial charge in [0.05, 0.1) is 12.4 Å². The Kier molecular flexibility index (Phi) is 4.48. The molecule has 0 bridgehead atoms. The van der Waals surface area contributed by atoms with Gasteiger partial charge in [-0.3, -0.25) is 4.98 Å². The van der Waals surface area contributed by atoms with Crippen LogP contribution in [0.25, 0.3) is 0 Å². The van der Waals surface area contributed by atoms with E-state index < -0.39 is 0 Å². The Hall–Kier alpha value is -0.970. The highest BCUT2D eigenvalue weighted by atomic mass is 32.2. The van der Waals surface area contributed by atoms with Crippen LogP contribution in [0.5, 0.6) is 0 Å². The number of anilines is 2. The molecule has 1 fully saturated rings. The molecule has 94 valence electrons. The maximum atomic E-state index is 4.61. The summed E-state index contributed by atoms with van der Waals surface area (Å²) in [5.74, 6) is 3.06. The molecule has 1 aliphatic rings. The van der Waals surface area contributed by atoms with Crippen molar-refractivity contribution in [3.63, 3.8) is 0 Å². The van der Waals surface area contributed by atoms with Gasteiger partial charge in [0, 0.05) is 30.6 Å². The van der Waals surface area contributed by atoms with Crippen molar-refractivity contribution in [3.05, 3.63) is 12.4 Å². The standard InChI is InChI=1S/C12H20N4S/c1-3-4-14-11-7-13-8-12(15-11)16-5-6-17-10(2)9-16/h7-8,10H,3-6,9H2,1-2H3,(H,14,15). The van der Waals surface area contributed by atoms with Gasteiger partial charge in [0.1, 0.15) is 11.6 Å². The molecule has 0 aliphatic carbocycles. The SMILES string of the molecule is CCCNc1cncc(N2CCSC(C)C2)n1. The number of nitrogens with one attached hydrogen (secondary N) is 1. The van der Waals surface area contributed by atoms with Crippen LogP contribution in [0.15, 0.2) is 12.4 Å². The zero-order valence-electron chi connectivity index (χ0n) is 10.5. The molecule has 1 aromatic heterocycles. The first-order valence-corrected chi connectivity index (χ1v) is 7.27. The predicted molar refractivity (Wildman–Crippen MR) is 74.9 cm³/mol. The number of nitrogens with zero attached hydrogens (tertiary/aromatic N) is 3. The van der Waals surface area contributed by atoms with Crippen molar-refractivity contribution in [2.45, 2.75) is 25.5 Å². The highest BCUT2D eigenvalue weighted by molar-refractivity contribution is 8.00. The maximum Gasteiger partial charge on any atom is 0.149 e. The van der Waals surface area contributed by atoms with E-state index in [1.54, 1.807) is 6.20 Å². The minimum absolute atomic E-state index is 0.679. The van der Waals surface area contributed by atoms with E-state index in [9.17, 15) is 0 Å². The van der Waals surface area contributed by atoms with Crippen molar-refractivity contribution >= 4 is 23.4 Å². The molecule has 0 aromatic carbocycles. The van der Waals surface area contributed by atoms with Gasteiger partial charge >= 0.3 is 0 Å². The molecule has 1 aromatic rings. The van der Waals surface area contributed by atoms with Gasteiger partial charge in [-0.2, -0.15) is 11.8 Å². The van der Waals surface area contributed by atoms with Crippen LogP contribution in [0.1, 0.15) is 20.3 Å². The van der Waals surface area contributed by atoms with Crippen LogP contribution >= 0.6 is 11.8 Å². The van der Waals surface area contributed by atoms with Crippen LogP contribution in [-0.4, -0.2) is 40.6 Å². The normalized spacial score (nSPS) is 20.4. The molecule has 17 heavy (non-hydrogen) atoms. The van der Waals surface area contributed by atoms with E-state index >= 15 is 0 Å². The van der Waals surface area contributed by atoms with E-state index in [2.05, 4.69) is 34.0 Å². The minimum Gasteiger partial charge on any atom is -0.369 e. The van der Waals surface area contributed by atoms with Gasteiger partial charge < -0.3 is 10.2 Å². The number of hydrogen-bond acceptors (Lipinski definition) is 5. The highest BCUT2D eigenvalue weighted by Crippen LogP contribution is 2.22. The number of hydrogen-bond donors (Lipinski definition) is 1. The van der Waals surface area contributed by atoms with E-state index in [-0.39, 0.29) is 0 Å². The first-order valence-electron chi connectivity index (χ1n) is 6.22. The zero-order valence-corrected chi connectivity index (χ0v) is 11.3. The van der Waals surface area contributed by atoms with Crippen molar-refractivity contribution in [1.82, 2.24) is 9.97 Å². The van der Waals surface area contributed by atoms with Crippen LogP contribution < -0.4 is 10.2 Å². The Morgan fingerprint density at radius 1 is 1.53 bits per heavy atom. The Morgan fingerprint density at radius 2 is 2.41 bits per heavy atom. The number of rotatable bonds is 4. The minimum atomic E-state index is 0.679. The van der Waals surface area contributed by atoms with E-state index in [4.69, 9.17) is 0 Å². The summed E-state index contributed by atoms with van der Waals surface area (Å²) in [6, 6.07) is 0. The second-order valence-corrected chi connectivity index (χ2v) is 5.86. The molecular formula is C12H20N4S. The number of thioether (sulfide) groups is 1. The molecule has 2 rings (SSSR count). The third-order valence-corrected chi connectivity index (χ3v) is 3.88. The van der Waals surface area contributed by atoms with E-state index in [0.29, 0.717) is 5.25 Å². The monoisotopic (exact) mass is 252 g/mol. The molecule has 0 radical (unpaired) electrons. The van der Waals surface area contributed by atoms with Gasteiger partial charge in [-0.1, -0.05) is 13.8 Å². The zero-order chi connectivity index (χ0) is 12.1. The van der Waals surface area contributed by atoms with Gasteiger partial charge in [0.2, 0.25) is 0 Å². The average Bonchev–Trinajstić information content (AvgIpc) is 2.37. The molecule has 1 saturated heterocycles. The lowest BCUT2D eigenvalue weighted by atomic mass is 10.4. The molecule has 1 aliphatic heterocycles. The lowest BCUT2D eigenvalue weighted by Crippen LogP contribution is -2.37. The predicted octanol–water partition coefficient (Wildman–Crippen LogP) is 2.24. The van der Waals surface area contributed by atoms with Crippen LogP contribution in [-0.2, 0) is 0 Å². The molecule has 4 nitrogen and oxygen atoms in total. The maximum absolute atomic E-state index is 4.61. The first-order chi connectivity index (χ1) is 8.29. The fraction of sp³-hybridized carbons (Fsp3) is 0.667. The van der Waals surface area contributed by atoms with Crippen molar-refractivity contribution in [1.29, 1.82) is 0 Å². The van der Waals surface area contributed by atoms with Crippen molar-refractivity contribution < 1.29 is 0 Å². The summed E-state index contributed by atoms with van der Waals surface area (Å²) >= 11 is 2.03. The molecule has 1 unspecified atom stereocenters. The van der Waals surface area contributed by atoms with Crippen LogP contribution in [0.3, 0.4) is 0 Å². The Bertz CT molecular complexity index is 358. The quantitative estimate of drug-likeness (QED) is 0.890. The summed E-state index contributed by atoms with van der Waals surface area (Å²) in [5, 5.41) is 3.96. The summed E-state index contributed by atoms with van der Waals surface area (Å²) in [7, 11) is 0. The van der Waals surface area contributed by atoms with Gasteiger partial charge in [0.15, 0.2) is 0 Å². The molecular weight excluding hydrogens is 232 g/mol. The van der Waals surface area contributed by atoms with Gasteiger partial charge in [0.25, 0.3) is 0 Å². The molecule has 5 heteroatoms. The second-order valence-electron chi connectivity index (χ2n) is 4.32.